The second kappa shape index (κ2) is 6.24. The molecule has 0 aliphatic heterocycles. The van der Waals surface area contributed by atoms with Gasteiger partial charge in [-0.25, -0.2) is 0 Å². The van der Waals surface area contributed by atoms with Crippen LogP contribution in [0.1, 0.15) is 5.89 Å². The van der Waals surface area contributed by atoms with E-state index >= 15 is 0 Å². The number of benzene rings is 1. The van der Waals surface area contributed by atoms with E-state index in [4.69, 9.17) is 0 Å². The molecule has 0 fully saturated rings. The Balaban J connectivity index is 1.92. The quantitative estimate of drug-likeness (QED) is 0.701. The average Bonchev–Trinajstić information content (AvgIpc) is 3.05. The summed E-state index contributed by atoms with van der Waals surface area (Å²) in [6.07, 6.45) is -1.99. The molecule has 0 N–H and O–H groups in total. The third-order valence-corrected chi connectivity index (χ3v) is 4.03. The van der Waals surface area contributed by atoms with Gasteiger partial charge in [0.15, 0.2) is 0 Å². The van der Waals surface area contributed by atoms with Crippen molar-refractivity contribution in [3.05, 3.63) is 52.8 Å². The highest BCUT2D eigenvalue weighted by atomic mass is 32.2. The zero-order valence-corrected chi connectivity index (χ0v) is 13.3. The van der Waals surface area contributed by atoms with Gasteiger partial charge in [0.2, 0.25) is 5.82 Å². The van der Waals surface area contributed by atoms with Crippen molar-refractivity contribution in [3.63, 3.8) is 0 Å². The number of halogens is 3. The highest BCUT2D eigenvalue weighted by Crippen LogP contribution is 2.29. The Morgan fingerprint density at radius 3 is 2.40 bits per heavy atom. The van der Waals surface area contributed by atoms with E-state index in [1.165, 1.54) is 42.8 Å². The second-order valence-electron chi connectivity index (χ2n) is 4.86. The third-order valence-electron chi connectivity index (χ3n) is 3.15. The van der Waals surface area contributed by atoms with Gasteiger partial charge in [-0.1, -0.05) is 5.16 Å². The van der Waals surface area contributed by atoms with Crippen LogP contribution in [0.3, 0.4) is 0 Å². The minimum Gasteiger partial charge on any atom is -0.329 e. The van der Waals surface area contributed by atoms with Gasteiger partial charge >= 0.3 is 12.1 Å². The summed E-state index contributed by atoms with van der Waals surface area (Å²) in [6, 6.07) is 7.00. The Hall–Kier alpha value is -2.82. The fourth-order valence-electron chi connectivity index (χ4n) is 1.95. The topological polar surface area (TPSA) is 90.9 Å². The number of hydrogen-bond donors (Lipinski definition) is 0. The van der Waals surface area contributed by atoms with Crippen LogP contribution in [0, 0.1) is 0 Å². The lowest BCUT2D eigenvalue weighted by molar-refractivity contribution is -0.159. The lowest BCUT2D eigenvalue weighted by Gasteiger charge is -2.05. The van der Waals surface area contributed by atoms with E-state index in [2.05, 4.69) is 19.8 Å². The van der Waals surface area contributed by atoms with Crippen LogP contribution in [0.5, 0.6) is 0 Å². The van der Waals surface area contributed by atoms with E-state index < -0.39 is 28.4 Å². The normalized spacial score (nSPS) is 13.0. The molecule has 0 spiro atoms. The molecule has 130 valence electrons. The standard InChI is InChI=1S/C14H9F3N4O3S/c1-25(23)10-6-11(22)21(18-7-10)9-4-2-8(3-5-9)12-19-13(24-20-12)14(15,16)17/h2-7H,1H3. The first-order valence-electron chi connectivity index (χ1n) is 6.70. The fourth-order valence-corrected chi connectivity index (χ4v) is 2.41. The molecule has 2 heterocycles. The molecule has 1 aromatic carbocycles. The van der Waals surface area contributed by atoms with E-state index in [1.54, 1.807) is 0 Å². The molecule has 1 unspecified atom stereocenters. The van der Waals surface area contributed by atoms with Gasteiger partial charge in [0.25, 0.3) is 5.56 Å². The van der Waals surface area contributed by atoms with Gasteiger partial charge in [-0.3, -0.25) is 9.00 Å². The fraction of sp³-hybridized carbons (Fsp3) is 0.143. The number of nitrogens with zero attached hydrogens (tertiary/aromatic N) is 4. The second-order valence-corrected chi connectivity index (χ2v) is 6.24. The van der Waals surface area contributed by atoms with Crippen LogP contribution in [0.4, 0.5) is 13.2 Å². The molecule has 3 aromatic rings. The smallest absolute Gasteiger partial charge is 0.329 e. The number of rotatable bonds is 3. The van der Waals surface area contributed by atoms with Crippen molar-refractivity contribution in [1.29, 1.82) is 0 Å². The Labute approximate surface area is 140 Å². The van der Waals surface area contributed by atoms with Crippen LogP contribution in [-0.2, 0) is 17.0 Å². The Morgan fingerprint density at radius 1 is 1.20 bits per heavy atom. The van der Waals surface area contributed by atoms with E-state index in [0.717, 1.165) is 4.68 Å². The van der Waals surface area contributed by atoms with E-state index in [1.807, 2.05) is 0 Å². The highest BCUT2D eigenvalue weighted by Gasteiger charge is 2.38. The summed E-state index contributed by atoms with van der Waals surface area (Å²) < 4.78 is 54.0. The Bertz CT molecular complexity index is 996. The summed E-state index contributed by atoms with van der Waals surface area (Å²) in [6.45, 7) is 0. The largest absolute Gasteiger partial charge is 0.471 e. The molecular weight excluding hydrogens is 361 g/mol. The van der Waals surface area contributed by atoms with Crippen molar-refractivity contribution in [2.24, 2.45) is 0 Å². The van der Waals surface area contributed by atoms with Crippen molar-refractivity contribution < 1.29 is 21.9 Å². The summed E-state index contributed by atoms with van der Waals surface area (Å²) >= 11 is 0. The van der Waals surface area contributed by atoms with E-state index in [9.17, 15) is 22.2 Å². The lowest BCUT2D eigenvalue weighted by atomic mass is 10.2. The summed E-state index contributed by atoms with van der Waals surface area (Å²) in [5, 5.41) is 7.20. The molecule has 1 atom stereocenters. The van der Waals surface area contributed by atoms with Crippen LogP contribution in [0.25, 0.3) is 17.1 Å². The van der Waals surface area contributed by atoms with Gasteiger partial charge in [0, 0.05) is 17.9 Å². The molecule has 0 aliphatic carbocycles. The van der Waals surface area contributed by atoms with Crippen molar-refractivity contribution in [2.75, 3.05) is 6.26 Å². The minimum atomic E-state index is -4.72. The van der Waals surface area contributed by atoms with Gasteiger partial charge in [-0.2, -0.15) is 27.9 Å². The highest BCUT2D eigenvalue weighted by molar-refractivity contribution is 7.84. The maximum absolute atomic E-state index is 12.5. The summed E-state index contributed by atoms with van der Waals surface area (Å²) in [7, 11) is -1.33. The third kappa shape index (κ3) is 3.50. The predicted molar refractivity (Wildman–Crippen MR) is 80.5 cm³/mol. The predicted octanol–water partition coefficient (Wildman–Crippen LogP) is 2.04. The summed E-state index contributed by atoms with van der Waals surface area (Å²) in [5.41, 5.74) is 0.170. The number of aromatic nitrogens is 4. The first-order chi connectivity index (χ1) is 11.8. The maximum Gasteiger partial charge on any atom is 0.471 e. The zero-order valence-electron chi connectivity index (χ0n) is 12.5. The lowest BCUT2D eigenvalue weighted by Crippen LogP contribution is -2.20. The number of hydrogen-bond acceptors (Lipinski definition) is 6. The molecule has 0 bridgehead atoms. The van der Waals surface area contributed by atoms with Crippen LogP contribution in [0.15, 0.2) is 50.7 Å². The van der Waals surface area contributed by atoms with Crippen molar-refractivity contribution in [3.8, 4) is 17.1 Å². The molecule has 0 saturated carbocycles. The molecule has 0 amide bonds. The van der Waals surface area contributed by atoms with E-state index in [-0.39, 0.29) is 11.4 Å². The van der Waals surface area contributed by atoms with Crippen molar-refractivity contribution in [2.45, 2.75) is 11.1 Å². The SMILES string of the molecule is CS(=O)c1cnn(-c2ccc(-c3noc(C(F)(F)F)n3)cc2)c(=O)c1. The monoisotopic (exact) mass is 370 g/mol. The van der Waals surface area contributed by atoms with Crippen molar-refractivity contribution >= 4 is 10.8 Å². The zero-order chi connectivity index (χ0) is 18.2. The minimum absolute atomic E-state index is 0.226. The average molecular weight is 370 g/mol. The summed E-state index contributed by atoms with van der Waals surface area (Å²) in [4.78, 5) is 15.6. The van der Waals surface area contributed by atoms with Gasteiger partial charge in [0.05, 0.1) is 27.6 Å². The first kappa shape index (κ1) is 17.0. The molecule has 7 nitrogen and oxygen atoms in total. The summed E-state index contributed by atoms with van der Waals surface area (Å²) in [5.74, 6) is -1.66. The van der Waals surface area contributed by atoms with Crippen molar-refractivity contribution in [1.82, 2.24) is 19.9 Å². The molecular formula is C14H9F3N4O3S. The van der Waals surface area contributed by atoms with Gasteiger partial charge < -0.3 is 4.52 Å². The molecule has 0 aliphatic rings. The van der Waals surface area contributed by atoms with Crippen LogP contribution < -0.4 is 5.56 Å². The molecule has 3 rings (SSSR count). The molecule has 2 aromatic heterocycles. The van der Waals surface area contributed by atoms with Crippen LogP contribution >= 0.6 is 0 Å². The van der Waals surface area contributed by atoms with Gasteiger partial charge in [0.1, 0.15) is 0 Å². The Kier molecular flexibility index (Phi) is 4.25. The molecule has 0 radical (unpaired) electrons. The maximum atomic E-state index is 12.5. The van der Waals surface area contributed by atoms with Gasteiger partial charge in [-0.05, 0) is 24.3 Å². The molecule has 11 heteroatoms. The first-order valence-corrected chi connectivity index (χ1v) is 8.26. The van der Waals surface area contributed by atoms with Gasteiger partial charge in [-0.15, -0.1) is 0 Å². The molecule has 0 saturated heterocycles. The number of alkyl halides is 3. The van der Waals surface area contributed by atoms with E-state index in [0.29, 0.717) is 10.6 Å². The van der Waals surface area contributed by atoms with Crippen LogP contribution in [-0.4, -0.2) is 30.4 Å². The molecule has 25 heavy (non-hydrogen) atoms. The van der Waals surface area contributed by atoms with Crippen LogP contribution in [0.2, 0.25) is 0 Å². The Morgan fingerprint density at radius 2 is 1.88 bits per heavy atom.